The smallest absolute Gasteiger partial charge is 0.410 e. The molecule has 0 aromatic carbocycles. The van der Waals surface area contributed by atoms with E-state index in [1.54, 1.807) is 4.90 Å². The van der Waals surface area contributed by atoms with Crippen molar-refractivity contribution in [3.05, 3.63) is 0 Å². The number of rotatable bonds is 3. The molecule has 1 atom stereocenters. The lowest BCUT2D eigenvalue weighted by Gasteiger charge is -2.31. The highest BCUT2D eigenvalue weighted by molar-refractivity contribution is 5.71. The Bertz CT molecular complexity index is 206. The van der Waals surface area contributed by atoms with Crippen molar-refractivity contribution >= 4 is 6.09 Å². The van der Waals surface area contributed by atoms with Crippen LogP contribution in [0.15, 0.2) is 0 Å². The van der Waals surface area contributed by atoms with E-state index in [1.165, 1.54) is 0 Å². The molecule has 1 aliphatic heterocycles. The minimum absolute atomic E-state index is 0.235. The van der Waals surface area contributed by atoms with E-state index in [-0.39, 0.29) is 11.6 Å². The second-order valence-corrected chi connectivity index (χ2v) is 4.26. The molecular weight excluding hydrogens is 168 g/mol. The molecule has 1 heterocycles. The molecule has 0 aromatic rings. The van der Waals surface area contributed by atoms with Gasteiger partial charge in [-0.1, -0.05) is 13.8 Å². The molecule has 1 saturated heterocycles. The topological polar surface area (TPSA) is 55.6 Å². The summed E-state index contributed by atoms with van der Waals surface area (Å²) in [4.78, 5) is 13.1. The monoisotopic (exact) mass is 186 g/mol. The van der Waals surface area contributed by atoms with Gasteiger partial charge in [0.15, 0.2) is 0 Å². The molecule has 13 heavy (non-hydrogen) atoms. The van der Waals surface area contributed by atoms with Crippen molar-refractivity contribution in [1.29, 1.82) is 0 Å². The first-order valence-corrected chi connectivity index (χ1v) is 4.64. The number of hydrogen-bond acceptors (Lipinski definition) is 3. The average molecular weight is 186 g/mol. The van der Waals surface area contributed by atoms with Gasteiger partial charge < -0.3 is 10.5 Å². The van der Waals surface area contributed by atoms with Crippen molar-refractivity contribution in [2.75, 3.05) is 19.7 Å². The first-order chi connectivity index (χ1) is 5.99. The minimum Gasteiger partial charge on any atom is -0.447 e. The Morgan fingerprint density at radius 2 is 2.31 bits per heavy atom. The van der Waals surface area contributed by atoms with E-state index < -0.39 is 0 Å². The van der Waals surface area contributed by atoms with Gasteiger partial charge in [0.2, 0.25) is 0 Å². The van der Waals surface area contributed by atoms with Gasteiger partial charge >= 0.3 is 6.09 Å². The van der Waals surface area contributed by atoms with Crippen LogP contribution in [0.1, 0.15) is 20.8 Å². The summed E-state index contributed by atoms with van der Waals surface area (Å²) in [6.45, 7) is 7.68. The average Bonchev–Trinajstić information content (AvgIpc) is 2.33. The molecule has 0 aliphatic carbocycles. The Hall–Kier alpha value is -0.770. The molecule has 2 N–H and O–H groups in total. The molecule has 0 aromatic heterocycles. The lowest BCUT2D eigenvalue weighted by Crippen LogP contribution is -2.51. The number of amides is 1. The lowest BCUT2D eigenvalue weighted by atomic mass is 10.0. The molecule has 0 bridgehead atoms. The Balaban J connectivity index is 2.71. The minimum atomic E-state index is -0.304. The highest BCUT2D eigenvalue weighted by atomic mass is 16.6. The zero-order chi connectivity index (χ0) is 10.1. The molecule has 1 aliphatic rings. The van der Waals surface area contributed by atoms with Gasteiger partial charge in [0.1, 0.15) is 6.61 Å². The van der Waals surface area contributed by atoms with Crippen LogP contribution in [0.3, 0.4) is 0 Å². The number of hydrogen-bond donors (Lipinski definition) is 1. The van der Waals surface area contributed by atoms with Gasteiger partial charge in [0, 0.05) is 13.1 Å². The van der Waals surface area contributed by atoms with Gasteiger partial charge in [-0.2, -0.15) is 0 Å². The summed E-state index contributed by atoms with van der Waals surface area (Å²) in [5, 5.41) is 0. The fraction of sp³-hybridized carbons (Fsp3) is 0.889. The van der Waals surface area contributed by atoms with Crippen LogP contribution >= 0.6 is 0 Å². The maximum Gasteiger partial charge on any atom is 0.410 e. The molecule has 0 radical (unpaired) electrons. The Kier molecular flexibility index (Phi) is 2.81. The molecule has 1 unspecified atom stereocenters. The van der Waals surface area contributed by atoms with Gasteiger partial charge in [-0.3, -0.25) is 4.90 Å². The molecular formula is C9H18N2O2. The summed E-state index contributed by atoms with van der Waals surface area (Å²) in [6.07, 6.45) is -0.235. The van der Waals surface area contributed by atoms with Gasteiger partial charge in [0.25, 0.3) is 0 Å². The lowest BCUT2D eigenvalue weighted by molar-refractivity contribution is 0.147. The SMILES string of the molecule is CC(C)CN1C(=O)OCC1(C)CN. The van der Waals surface area contributed by atoms with Crippen molar-refractivity contribution < 1.29 is 9.53 Å². The van der Waals surface area contributed by atoms with Crippen molar-refractivity contribution in [3.63, 3.8) is 0 Å². The van der Waals surface area contributed by atoms with E-state index >= 15 is 0 Å². The van der Waals surface area contributed by atoms with Crippen LogP contribution < -0.4 is 5.73 Å². The van der Waals surface area contributed by atoms with Crippen molar-refractivity contribution in [2.45, 2.75) is 26.3 Å². The molecule has 0 spiro atoms. The third kappa shape index (κ3) is 1.94. The number of cyclic esters (lactones) is 1. The molecule has 0 saturated carbocycles. The summed E-state index contributed by atoms with van der Waals surface area (Å²) in [5.74, 6) is 0.441. The van der Waals surface area contributed by atoms with E-state index in [9.17, 15) is 4.79 Å². The molecule has 4 nitrogen and oxygen atoms in total. The molecule has 1 rings (SSSR count). The summed E-state index contributed by atoms with van der Waals surface area (Å²) in [7, 11) is 0. The Morgan fingerprint density at radius 3 is 2.77 bits per heavy atom. The number of ether oxygens (including phenoxy) is 1. The van der Waals surface area contributed by atoms with Gasteiger partial charge in [-0.25, -0.2) is 4.79 Å². The number of nitrogens with two attached hydrogens (primary N) is 1. The van der Waals surface area contributed by atoms with E-state index in [2.05, 4.69) is 13.8 Å². The van der Waals surface area contributed by atoms with E-state index in [1.807, 2.05) is 6.92 Å². The van der Waals surface area contributed by atoms with Crippen molar-refractivity contribution in [1.82, 2.24) is 4.90 Å². The van der Waals surface area contributed by atoms with Crippen molar-refractivity contribution in [3.8, 4) is 0 Å². The van der Waals surface area contributed by atoms with E-state index in [0.29, 0.717) is 25.6 Å². The summed E-state index contributed by atoms with van der Waals surface area (Å²) in [6, 6.07) is 0. The highest BCUT2D eigenvalue weighted by Crippen LogP contribution is 2.23. The fourth-order valence-electron chi connectivity index (χ4n) is 1.42. The Labute approximate surface area is 79.0 Å². The predicted molar refractivity (Wildman–Crippen MR) is 50.4 cm³/mol. The van der Waals surface area contributed by atoms with Crippen LogP contribution in [-0.4, -0.2) is 36.2 Å². The number of carbonyl (C=O) groups excluding carboxylic acids is 1. The molecule has 1 amide bonds. The number of nitrogens with zero attached hydrogens (tertiary/aromatic N) is 1. The third-order valence-corrected chi connectivity index (χ3v) is 2.37. The second-order valence-electron chi connectivity index (χ2n) is 4.26. The standard InChI is InChI=1S/C9H18N2O2/c1-7(2)4-11-8(12)13-6-9(11,3)5-10/h7H,4-6,10H2,1-3H3. The van der Waals surface area contributed by atoms with Crippen LogP contribution in [-0.2, 0) is 4.74 Å². The maximum absolute atomic E-state index is 11.3. The predicted octanol–water partition coefficient (Wildman–Crippen LogP) is 0.812. The van der Waals surface area contributed by atoms with E-state index in [4.69, 9.17) is 10.5 Å². The molecule has 76 valence electrons. The summed E-state index contributed by atoms with van der Waals surface area (Å²) < 4.78 is 4.98. The van der Waals surface area contributed by atoms with Crippen LogP contribution in [0.2, 0.25) is 0 Å². The van der Waals surface area contributed by atoms with Crippen LogP contribution in [0.4, 0.5) is 4.79 Å². The third-order valence-electron chi connectivity index (χ3n) is 2.37. The van der Waals surface area contributed by atoms with Crippen molar-refractivity contribution in [2.24, 2.45) is 11.7 Å². The second kappa shape index (κ2) is 3.54. The maximum atomic E-state index is 11.3. The normalized spacial score (nSPS) is 28.4. The first kappa shape index (κ1) is 10.3. The Morgan fingerprint density at radius 1 is 1.69 bits per heavy atom. The summed E-state index contributed by atoms with van der Waals surface area (Å²) >= 11 is 0. The van der Waals surface area contributed by atoms with E-state index in [0.717, 1.165) is 0 Å². The van der Waals surface area contributed by atoms with Gasteiger partial charge in [-0.05, 0) is 12.8 Å². The number of carbonyl (C=O) groups is 1. The zero-order valence-electron chi connectivity index (χ0n) is 8.54. The van der Waals surface area contributed by atoms with Crippen LogP contribution in [0.25, 0.3) is 0 Å². The van der Waals surface area contributed by atoms with Gasteiger partial charge in [0.05, 0.1) is 5.54 Å². The first-order valence-electron chi connectivity index (χ1n) is 4.64. The molecule has 4 heteroatoms. The van der Waals surface area contributed by atoms with Gasteiger partial charge in [-0.15, -0.1) is 0 Å². The zero-order valence-corrected chi connectivity index (χ0v) is 8.54. The largest absolute Gasteiger partial charge is 0.447 e. The summed E-state index contributed by atoms with van der Waals surface area (Å²) in [5.41, 5.74) is 5.32. The highest BCUT2D eigenvalue weighted by Gasteiger charge is 2.42. The quantitative estimate of drug-likeness (QED) is 0.709. The molecule has 1 fully saturated rings. The fourth-order valence-corrected chi connectivity index (χ4v) is 1.42. The van der Waals surface area contributed by atoms with Crippen LogP contribution in [0, 0.1) is 5.92 Å². The van der Waals surface area contributed by atoms with Crippen LogP contribution in [0.5, 0.6) is 0 Å².